The molecule has 11 nitrogen and oxygen atoms in total. The fourth-order valence-corrected chi connectivity index (χ4v) is 9.20. The zero-order valence-corrected chi connectivity index (χ0v) is 21.3. The van der Waals surface area contributed by atoms with Crippen LogP contribution in [0.15, 0.2) is 30.3 Å². The largest absolute Gasteiger partial charge is 0.456 e. The summed E-state index contributed by atoms with van der Waals surface area (Å²) < 4.78 is 29.6. The summed E-state index contributed by atoms with van der Waals surface area (Å²) in [7, 11) is 0. The van der Waals surface area contributed by atoms with E-state index in [1.54, 1.807) is 0 Å². The number of ether oxygens (including phenoxy) is 5. The van der Waals surface area contributed by atoms with Gasteiger partial charge in [-0.2, -0.15) is 0 Å². The molecule has 2 aliphatic carbocycles. The Labute approximate surface area is 217 Å². The highest BCUT2D eigenvalue weighted by molar-refractivity contribution is 5.94. The third-order valence-electron chi connectivity index (χ3n) is 10.2. The van der Waals surface area contributed by atoms with Crippen molar-refractivity contribution in [3.05, 3.63) is 35.9 Å². The van der Waals surface area contributed by atoms with Gasteiger partial charge in [0.2, 0.25) is 11.9 Å². The van der Waals surface area contributed by atoms with E-state index in [1.807, 2.05) is 51.1 Å². The molecule has 3 N–H and O–H groups in total. The predicted octanol–water partition coefficient (Wildman–Crippen LogP) is -0.174. The van der Waals surface area contributed by atoms with Gasteiger partial charge in [-0.15, -0.1) is 0 Å². The molecule has 6 fully saturated rings. The summed E-state index contributed by atoms with van der Waals surface area (Å²) in [5, 5.41) is 36.1. The summed E-state index contributed by atoms with van der Waals surface area (Å²) in [5.41, 5.74) is -8.32. The summed E-state index contributed by atoms with van der Waals surface area (Å²) in [6, 6.07) is 9.11. The smallest absolute Gasteiger partial charge is 0.343 e. The van der Waals surface area contributed by atoms with E-state index in [0.29, 0.717) is 0 Å². The van der Waals surface area contributed by atoms with E-state index in [-0.39, 0.29) is 6.61 Å². The normalized spacial score (nSPS) is 51.8. The molecule has 0 unspecified atom stereocenters. The van der Waals surface area contributed by atoms with Crippen molar-refractivity contribution in [1.82, 2.24) is 0 Å². The molecule has 7 rings (SSSR count). The average molecular weight is 531 g/mol. The van der Waals surface area contributed by atoms with Crippen LogP contribution in [0, 0.1) is 28.1 Å². The van der Waals surface area contributed by atoms with Gasteiger partial charge in [0.05, 0.1) is 29.5 Å². The highest BCUT2D eigenvalue weighted by Crippen LogP contribution is 2.84. The van der Waals surface area contributed by atoms with Gasteiger partial charge in [-0.3, -0.25) is 4.79 Å². The monoisotopic (exact) mass is 530 g/mol. The van der Waals surface area contributed by atoms with Crippen molar-refractivity contribution < 1.29 is 53.4 Å². The molecular formula is C27H30O11. The maximum absolute atomic E-state index is 13.8. The van der Waals surface area contributed by atoms with E-state index in [2.05, 4.69) is 0 Å². The number of aliphatic hydroxyl groups excluding tert-OH is 2. The highest BCUT2D eigenvalue weighted by Gasteiger charge is 3.05. The third-order valence-corrected chi connectivity index (χ3v) is 10.2. The Kier molecular flexibility index (Phi) is 4.47. The molecule has 38 heavy (non-hydrogen) atoms. The van der Waals surface area contributed by atoms with Crippen molar-refractivity contribution in [3.63, 3.8) is 0 Å². The first kappa shape index (κ1) is 24.5. The van der Waals surface area contributed by atoms with Crippen LogP contribution in [-0.4, -0.2) is 81.2 Å². The number of carbonyl (C=O) groups excluding carboxylic acids is 3. The SMILES string of the molecule is C[C@@H]1C(=O)O[C@H]2[C@H](O)[C@@]34[C@@H]5OC(=O)[C@@]3(O[C@@H]3OC(=O)[C@H](OCc6ccccc6)[C@]34[C@H](C(C)(C)C)[C@@H]5O)[C@@]12O. The standard InChI is InChI=1S/C27H30O11/c1-11-19(30)35-17-15(29)25-16-13(28)14(23(2,3)4)24(25)18(34-10-12-8-6-5-7-9-12)20(31)37-22(24)38-27(25,21(32)36-16)26(11,17)33/h5-9,11,13-18,22,28-29,33H,10H2,1-4H3/t11-,13+,14+,15+,16-,17+,18+,22+,24-,25+,26-,27+/m1/s1. The second kappa shape index (κ2) is 6.95. The van der Waals surface area contributed by atoms with Gasteiger partial charge in [-0.25, -0.2) is 9.59 Å². The maximum atomic E-state index is 13.8. The Bertz CT molecular complexity index is 1260. The second-order valence-corrected chi connectivity index (χ2v) is 12.6. The topological polar surface area (TPSA) is 158 Å². The van der Waals surface area contributed by atoms with Crippen LogP contribution < -0.4 is 0 Å². The number of aliphatic hydroxyl groups is 3. The van der Waals surface area contributed by atoms with E-state index in [4.69, 9.17) is 23.7 Å². The molecule has 11 heteroatoms. The molecule has 2 spiro atoms. The first-order chi connectivity index (χ1) is 17.8. The lowest BCUT2D eigenvalue weighted by molar-refractivity contribution is -0.240. The van der Waals surface area contributed by atoms with Crippen LogP contribution in [0.5, 0.6) is 0 Å². The first-order valence-corrected chi connectivity index (χ1v) is 12.9. The molecule has 204 valence electrons. The van der Waals surface area contributed by atoms with E-state index in [1.165, 1.54) is 6.92 Å². The van der Waals surface area contributed by atoms with Gasteiger partial charge in [-0.05, 0) is 17.9 Å². The Morgan fingerprint density at radius 2 is 1.66 bits per heavy atom. The molecule has 0 radical (unpaired) electrons. The quantitative estimate of drug-likeness (QED) is 0.352. The van der Waals surface area contributed by atoms with Crippen molar-refractivity contribution in [1.29, 1.82) is 0 Å². The van der Waals surface area contributed by atoms with E-state index < -0.39 is 94.0 Å². The lowest BCUT2D eigenvalue weighted by atomic mass is 9.51. The fourth-order valence-electron chi connectivity index (χ4n) is 9.20. The van der Waals surface area contributed by atoms with Crippen LogP contribution >= 0.6 is 0 Å². The molecule has 4 heterocycles. The Morgan fingerprint density at radius 1 is 0.974 bits per heavy atom. The number of rotatable bonds is 3. The third kappa shape index (κ3) is 2.13. The minimum atomic E-state index is -2.36. The van der Waals surface area contributed by atoms with Gasteiger partial charge >= 0.3 is 17.9 Å². The zero-order valence-electron chi connectivity index (χ0n) is 21.3. The Hall–Kier alpha value is -2.57. The van der Waals surface area contributed by atoms with Gasteiger partial charge in [0, 0.05) is 5.92 Å². The van der Waals surface area contributed by atoms with Crippen molar-refractivity contribution in [2.75, 3.05) is 0 Å². The summed E-state index contributed by atoms with van der Waals surface area (Å²) in [4.78, 5) is 40.0. The van der Waals surface area contributed by atoms with Crippen LogP contribution in [-0.2, 0) is 44.7 Å². The molecule has 1 aromatic rings. The number of fused-ring (bicyclic) bond motifs is 1. The molecule has 1 aromatic carbocycles. The lowest BCUT2D eigenvalue weighted by Gasteiger charge is -2.48. The van der Waals surface area contributed by atoms with Crippen LogP contribution in [0.3, 0.4) is 0 Å². The molecule has 0 amide bonds. The van der Waals surface area contributed by atoms with Gasteiger partial charge < -0.3 is 39.0 Å². The van der Waals surface area contributed by atoms with Gasteiger partial charge in [0.1, 0.15) is 12.2 Å². The van der Waals surface area contributed by atoms with Crippen LogP contribution in [0.2, 0.25) is 0 Å². The zero-order chi connectivity index (χ0) is 27.2. The molecule has 0 bridgehead atoms. The van der Waals surface area contributed by atoms with Gasteiger partial charge in [0.25, 0.3) is 0 Å². The fraction of sp³-hybridized carbons (Fsp3) is 0.667. The van der Waals surface area contributed by atoms with Gasteiger partial charge in [-0.1, -0.05) is 51.1 Å². The van der Waals surface area contributed by atoms with Crippen molar-refractivity contribution in [2.24, 2.45) is 28.1 Å². The van der Waals surface area contributed by atoms with Crippen molar-refractivity contribution >= 4 is 17.9 Å². The number of hydrogen-bond acceptors (Lipinski definition) is 11. The molecule has 6 aliphatic rings. The molecule has 12 atom stereocenters. The minimum Gasteiger partial charge on any atom is -0.456 e. The summed E-state index contributed by atoms with van der Waals surface area (Å²) in [6.45, 7) is 6.92. The van der Waals surface area contributed by atoms with E-state index in [0.717, 1.165) is 5.56 Å². The van der Waals surface area contributed by atoms with Crippen LogP contribution in [0.25, 0.3) is 0 Å². The average Bonchev–Trinajstić information content (AvgIpc) is 3.55. The van der Waals surface area contributed by atoms with Crippen LogP contribution in [0.4, 0.5) is 0 Å². The van der Waals surface area contributed by atoms with Crippen molar-refractivity contribution in [2.45, 2.75) is 82.3 Å². The molecule has 4 aliphatic heterocycles. The lowest BCUT2D eigenvalue weighted by Crippen LogP contribution is -2.67. The van der Waals surface area contributed by atoms with Crippen molar-refractivity contribution in [3.8, 4) is 0 Å². The Morgan fingerprint density at radius 3 is 2.32 bits per heavy atom. The predicted molar refractivity (Wildman–Crippen MR) is 122 cm³/mol. The summed E-state index contributed by atoms with van der Waals surface area (Å²) in [5.74, 6) is -4.79. The number of esters is 3. The maximum Gasteiger partial charge on any atom is 0.343 e. The number of carbonyl (C=O) groups is 3. The molecule has 0 aromatic heterocycles. The van der Waals surface area contributed by atoms with E-state index in [9.17, 15) is 29.7 Å². The summed E-state index contributed by atoms with van der Waals surface area (Å²) in [6.07, 6.45) is -8.97. The molecular weight excluding hydrogens is 500 g/mol. The number of benzene rings is 1. The summed E-state index contributed by atoms with van der Waals surface area (Å²) >= 11 is 0. The number of hydrogen-bond donors (Lipinski definition) is 3. The highest BCUT2D eigenvalue weighted by atomic mass is 16.8. The Balaban J connectivity index is 1.50. The van der Waals surface area contributed by atoms with Gasteiger partial charge in [0.15, 0.2) is 17.8 Å². The van der Waals surface area contributed by atoms with Crippen LogP contribution in [0.1, 0.15) is 33.3 Å². The first-order valence-electron chi connectivity index (χ1n) is 12.9. The van der Waals surface area contributed by atoms with E-state index >= 15 is 0 Å². The second-order valence-electron chi connectivity index (χ2n) is 12.6. The molecule has 4 saturated heterocycles. The molecule has 2 saturated carbocycles. The minimum absolute atomic E-state index is 0.0141.